The number of primary amides is 1. The van der Waals surface area contributed by atoms with E-state index in [1.807, 2.05) is 24.3 Å². The van der Waals surface area contributed by atoms with Gasteiger partial charge in [-0.05, 0) is 36.0 Å². The molecule has 0 spiro atoms. The first-order valence-electron chi connectivity index (χ1n) is 10.2. The Labute approximate surface area is 179 Å². The Balaban J connectivity index is 1.46. The number of aromatic nitrogens is 2. The number of nitrogens with two attached hydrogens (primary N) is 2. The zero-order valence-electron chi connectivity index (χ0n) is 16.9. The molecule has 31 heavy (non-hydrogen) atoms. The topological polar surface area (TPSA) is 104 Å². The minimum atomic E-state index is -0.529. The van der Waals surface area contributed by atoms with E-state index in [4.69, 9.17) is 21.2 Å². The highest BCUT2D eigenvalue weighted by molar-refractivity contribution is 5.92. The molecule has 2 aromatic carbocycles. The van der Waals surface area contributed by atoms with E-state index in [9.17, 15) is 4.79 Å². The lowest BCUT2D eigenvalue weighted by atomic mass is 9.92. The molecule has 6 heteroatoms. The fourth-order valence-electron chi connectivity index (χ4n) is 4.30. The second kappa shape index (κ2) is 7.81. The summed E-state index contributed by atoms with van der Waals surface area (Å²) in [6.07, 6.45) is 5.02. The van der Waals surface area contributed by atoms with Crippen molar-refractivity contribution in [3.63, 3.8) is 0 Å². The van der Waals surface area contributed by atoms with E-state index in [0.717, 1.165) is 29.3 Å². The number of hydrogen-bond acceptors (Lipinski definition) is 5. The van der Waals surface area contributed by atoms with Crippen LogP contribution in [0.2, 0.25) is 0 Å². The Bertz CT molecular complexity index is 1250. The van der Waals surface area contributed by atoms with Crippen molar-refractivity contribution >= 4 is 16.7 Å². The van der Waals surface area contributed by atoms with Gasteiger partial charge in [0.25, 0.3) is 0 Å². The highest BCUT2D eigenvalue weighted by Crippen LogP contribution is 2.38. The van der Waals surface area contributed by atoms with Gasteiger partial charge in [-0.15, -0.1) is 0 Å². The molecule has 154 valence electrons. The normalized spacial score (nSPS) is 14.4. The van der Waals surface area contributed by atoms with Crippen molar-refractivity contribution in [1.29, 1.82) is 0 Å². The maximum absolute atomic E-state index is 11.2. The Hall–Kier alpha value is -3.77. The average molecular weight is 410 g/mol. The number of rotatable bonds is 5. The van der Waals surface area contributed by atoms with Crippen LogP contribution in [0, 0.1) is 5.92 Å². The summed E-state index contributed by atoms with van der Waals surface area (Å²) in [7, 11) is 0. The third kappa shape index (κ3) is 3.62. The molecule has 2 heterocycles. The number of ether oxygens (including phenoxy) is 1. The second-order valence-electron chi connectivity index (χ2n) is 7.87. The predicted molar refractivity (Wildman–Crippen MR) is 119 cm³/mol. The van der Waals surface area contributed by atoms with Crippen LogP contribution in [-0.2, 0) is 12.8 Å². The molecule has 5 rings (SSSR count). The lowest BCUT2D eigenvalue weighted by molar-refractivity contribution is 0.1000. The molecule has 1 aliphatic carbocycles. The van der Waals surface area contributed by atoms with Crippen LogP contribution in [-0.4, -0.2) is 15.9 Å². The Morgan fingerprint density at radius 2 is 1.58 bits per heavy atom. The summed E-state index contributed by atoms with van der Waals surface area (Å²) in [5, 5.41) is 1.89. The molecule has 0 fully saturated rings. The average Bonchev–Trinajstić information content (AvgIpc) is 3.24. The van der Waals surface area contributed by atoms with E-state index >= 15 is 0 Å². The van der Waals surface area contributed by atoms with Gasteiger partial charge in [-0.2, -0.15) is 0 Å². The summed E-state index contributed by atoms with van der Waals surface area (Å²) in [4.78, 5) is 20.1. The molecule has 1 atom stereocenters. The van der Waals surface area contributed by atoms with Crippen LogP contribution in [0.1, 0.15) is 33.2 Å². The molecule has 1 aliphatic rings. The molecule has 0 aliphatic heterocycles. The third-order valence-corrected chi connectivity index (χ3v) is 5.93. The fraction of sp³-hybridized carbons (Fsp3) is 0.160. The molecule has 0 saturated heterocycles. The van der Waals surface area contributed by atoms with Crippen molar-refractivity contribution in [3.8, 4) is 11.6 Å². The van der Waals surface area contributed by atoms with E-state index in [2.05, 4.69) is 29.2 Å². The minimum absolute atomic E-state index is 0.181. The zero-order chi connectivity index (χ0) is 21.4. The van der Waals surface area contributed by atoms with Crippen LogP contribution < -0.4 is 16.2 Å². The number of hydrogen-bond donors (Lipinski definition) is 2. The van der Waals surface area contributed by atoms with Gasteiger partial charge < -0.3 is 16.2 Å². The largest absolute Gasteiger partial charge is 0.437 e. The second-order valence-corrected chi connectivity index (χ2v) is 7.87. The Morgan fingerprint density at radius 3 is 2.23 bits per heavy atom. The van der Waals surface area contributed by atoms with Crippen molar-refractivity contribution in [3.05, 3.63) is 95.4 Å². The summed E-state index contributed by atoms with van der Waals surface area (Å²) in [6.45, 7) is 0. The zero-order valence-corrected chi connectivity index (χ0v) is 16.9. The van der Waals surface area contributed by atoms with E-state index in [1.54, 1.807) is 18.3 Å². The van der Waals surface area contributed by atoms with Crippen molar-refractivity contribution < 1.29 is 9.53 Å². The van der Waals surface area contributed by atoms with Gasteiger partial charge in [-0.3, -0.25) is 9.78 Å². The van der Waals surface area contributed by atoms with Crippen LogP contribution in [0.3, 0.4) is 0 Å². The summed E-state index contributed by atoms with van der Waals surface area (Å²) in [5.74, 6) is 0.725. The number of fused-ring (bicyclic) bond motifs is 2. The van der Waals surface area contributed by atoms with Gasteiger partial charge in [-0.25, -0.2) is 4.98 Å². The molecule has 4 aromatic rings. The SMILES string of the molecule is NC(=O)c1ccc(Oc2cnc(C(N)C3Cc4ccccc4C3)c3ccccc23)nc1. The van der Waals surface area contributed by atoms with Crippen molar-refractivity contribution in [2.45, 2.75) is 18.9 Å². The molecule has 1 amide bonds. The van der Waals surface area contributed by atoms with Crippen LogP contribution in [0.15, 0.2) is 73.1 Å². The molecular weight excluding hydrogens is 388 g/mol. The van der Waals surface area contributed by atoms with Crippen molar-refractivity contribution in [2.75, 3.05) is 0 Å². The fourth-order valence-corrected chi connectivity index (χ4v) is 4.30. The maximum atomic E-state index is 11.2. The van der Waals surface area contributed by atoms with Crippen LogP contribution >= 0.6 is 0 Å². The van der Waals surface area contributed by atoms with Gasteiger partial charge in [0.15, 0.2) is 5.75 Å². The minimum Gasteiger partial charge on any atom is -0.437 e. The van der Waals surface area contributed by atoms with Gasteiger partial charge in [-0.1, -0.05) is 48.5 Å². The first-order valence-corrected chi connectivity index (χ1v) is 10.2. The number of amides is 1. The maximum Gasteiger partial charge on any atom is 0.250 e. The van der Waals surface area contributed by atoms with Crippen molar-refractivity contribution in [2.24, 2.45) is 17.4 Å². The van der Waals surface area contributed by atoms with E-state index in [0.29, 0.717) is 23.1 Å². The standard InChI is InChI=1S/C25H22N4O2/c26-23(18-11-15-5-1-2-6-16(15)12-18)24-20-8-4-3-7-19(20)21(14-29-24)31-22-10-9-17(13-28-22)25(27)30/h1-10,13-14,18,23H,11-12,26H2,(H2,27,30). The van der Waals surface area contributed by atoms with Gasteiger partial charge in [0.2, 0.25) is 11.8 Å². The van der Waals surface area contributed by atoms with Crippen molar-refractivity contribution in [1.82, 2.24) is 9.97 Å². The molecular formula is C25H22N4O2. The lowest BCUT2D eigenvalue weighted by Crippen LogP contribution is -2.23. The monoisotopic (exact) mass is 410 g/mol. The Morgan fingerprint density at radius 1 is 0.903 bits per heavy atom. The number of carbonyl (C=O) groups is 1. The lowest BCUT2D eigenvalue weighted by Gasteiger charge is -2.21. The number of benzene rings is 2. The first kappa shape index (κ1) is 19.2. The van der Waals surface area contributed by atoms with Gasteiger partial charge in [0.05, 0.1) is 23.5 Å². The van der Waals surface area contributed by atoms with Crippen LogP contribution in [0.25, 0.3) is 10.8 Å². The molecule has 6 nitrogen and oxygen atoms in total. The molecule has 0 bridgehead atoms. The van der Waals surface area contributed by atoms with Gasteiger partial charge in [0, 0.05) is 23.0 Å². The number of nitrogens with zero attached hydrogens (tertiary/aromatic N) is 2. The first-order chi connectivity index (χ1) is 15.1. The summed E-state index contributed by atoms with van der Waals surface area (Å²) < 4.78 is 5.97. The Kier molecular flexibility index (Phi) is 4.84. The van der Waals surface area contributed by atoms with E-state index in [1.165, 1.54) is 17.3 Å². The summed E-state index contributed by atoms with van der Waals surface area (Å²) in [5.41, 5.74) is 16.0. The molecule has 2 aromatic heterocycles. The molecule has 4 N–H and O–H groups in total. The highest BCUT2D eigenvalue weighted by Gasteiger charge is 2.29. The van der Waals surface area contributed by atoms with E-state index in [-0.39, 0.29) is 6.04 Å². The third-order valence-electron chi connectivity index (χ3n) is 5.93. The van der Waals surface area contributed by atoms with Crippen LogP contribution in [0.5, 0.6) is 11.6 Å². The quantitative estimate of drug-likeness (QED) is 0.519. The summed E-state index contributed by atoms with van der Waals surface area (Å²) >= 11 is 0. The highest BCUT2D eigenvalue weighted by atomic mass is 16.5. The molecule has 1 unspecified atom stereocenters. The van der Waals surface area contributed by atoms with Crippen LogP contribution in [0.4, 0.5) is 0 Å². The molecule has 0 saturated carbocycles. The van der Waals surface area contributed by atoms with E-state index < -0.39 is 5.91 Å². The number of pyridine rings is 2. The molecule has 0 radical (unpaired) electrons. The smallest absolute Gasteiger partial charge is 0.250 e. The number of carbonyl (C=O) groups excluding carboxylic acids is 1. The van der Waals surface area contributed by atoms with Gasteiger partial charge in [0.1, 0.15) is 0 Å². The summed E-state index contributed by atoms with van der Waals surface area (Å²) in [6, 6.07) is 19.5. The van der Waals surface area contributed by atoms with Gasteiger partial charge >= 0.3 is 0 Å². The predicted octanol–water partition coefficient (Wildman–Crippen LogP) is 3.94.